The predicted octanol–water partition coefficient (Wildman–Crippen LogP) is 2.88. The highest BCUT2D eigenvalue weighted by molar-refractivity contribution is 5.27. The monoisotopic (exact) mass is 220 g/mol. The van der Waals surface area contributed by atoms with Crippen molar-refractivity contribution in [2.75, 3.05) is 0 Å². The van der Waals surface area contributed by atoms with E-state index in [4.69, 9.17) is 0 Å². The Morgan fingerprint density at radius 3 is 2.69 bits per heavy atom. The Bertz CT molecular complexity index is 329. The van der Waals surface area contributed by atoms with Crippen molar-refractivity contribution < 1.29 is 10.2 Å². The Balaban J connectivity index is 1.82. The summed E-state index contributed by atoms with van der Waals surface area (Å²) < 4.78 is 0. The van der Waals surface area contributed by atoms with Crippen molar-refractivity contribution in [2.24, 2.45) is 5.92 Å². The van der Waals surface area contributed by atoms with Crippen molar-refractivity contribution in [1.29, 1.82) is 0 Å². The first-order chi connectivity index (χ1) is 7.75. The maximum atomic E-state index is 10.0. The number of hydrogen-bond acceptors (Lipinski definition) is 2. The molecule has 0 radical (unpaired) electrons. The molecule has 1 aliphatic carbocycles. The highest BCUT2D eigenvalue weighted by atomic mass is 16.3. The summed E-state index contributed by atoms with van der Waals surface area (Å²) in [5.74, 6) is 0.824. The zero-order valence-electron chi connectivity index (χ0n) is 9.60. The van der Waals surface area contributed by atoms with Gasteiger partial charge in [0.25, 0.3) is 0 Å². The van der Waals surface area contributed by atoms with Crippen molar-refractivity contribution in [1.82, 2.24) is 0 Å². The molecule has 0 aromatic heterocycles. The molecule has 0 bridgehead atoms. The molecule has 0 heterocycles. The van der Waals surface area contributed by atoms with E-state index < -0.39 is 0 Å². The van der Waals surface area contributed by atoms with Gasteiger partial charge >= 0.3 is 0 Å². The quantitative estimate of drug-likeness (QED) is 0.819. The van der Waals surface area contributed by atoms with E-state index in [1.807, 2.05) is 12.1 Å². The van der Waals surface area contributed by atoms with E-state index in [0.717, 1.165) is 18.4 Å². The molecule has 0 spiro atoms. The zero-order valence-corrected chi connectivity index (χ0v) is 9.60. The van der Waals surface area contributed by atoms with Gasteiger partial charge in [-0.3, -0.25) is 0 Å². The molecule has 1 aromatic rings. The highest BCUT2D eigenvalue weighted by Gasteiger charge is 2.22. The van der Waals surface area contributed by atoms with E-state index in [9.17, 15) is 10.2 Å². The number of hydrogen-bond donors (Lipinski definition) is 2. The number of benzene rings is 1. The summed E-state index contributed by atoms with van der Waals surface area (Å²) in [7, 11) is 0. The average molecular weight is 220 g/mol. The van der Waals surface area contributed by atoms with Gasteiger partial charge in [-0.15, -0.1) is 0 Å². The topological polar surface area (TPSA) is 40.5 Å². The smallest absolute Gasteiger partial charge is 0.115 e. The molecule has 1 fully saturated rings. The minimum Gasteiger partial charge on any atom is -0.508 e. The number of phenols is 1. The normalized spacial score (nSPS) is 18.8. The molecule has 1 saturated carbocycles. The van der Waals surface area contributed by atoms with Crippen molar-refractivity contribution in [2.45, 2.75) is 44.6 Å². The third kappa shape index (κ3) is 2.99. The van der Waals surface area contributed by atoms with Crippen LogP contribution in [0.1, 0.15) is 37.7 Å². The van der Waals surface area contributed by atoms with Crippen LogP contribution in [0.25, 0.3) is 0 Å². The van der Waals surface area contributed by atoms with E-state index >= 15 is 0 Å². The summed E-state index contributed by atoms with van der Waals surface area (Å²) in [6.45, 7) is 0. The van der Waals surface area contributed by atoms with Gasteiger partial charge in [-0.1, -0.05) is 25.0 Å². The van der Waals surface area contributed by atoms with Crippen LogP contribution in [0.5, 0.6) is 5.75 Å². The fourth-order valence-electron chi connectivity index (χ4n) is 2.60. The molecule has 2 heteroatoms. The van der Waals surface area contributed by atoms with Crippen LogP contribution < -0.4 is 0 Å². The van der Waals surface area contributed by atoms with Crippen molar-refractivity contribution in [3.05, 3.63) is 29.8 Å². The molecule has 0 amide bonds. The van der Waals surface area contributed by atoms with Gasteiger partial charge in [-0.2, -0.15) is 0 Å². The Morgan fingerprint density at radius 2 is 2.00 bits per heavy atom. The third-order valence-electron chi connectivity index (χ3n) is 3.58. The Kier molecular flexibility index (Phi) is 3.83. The highest BCUT2D eigenvalue weighted by Crippen LogP contribution is 2.29. The van der Waals surface area contributed by atoms with Gasteiger partial charge in [0.05, 0.1) is 6.10 Å². The minimum atomic E-state index is -0.162. The second-order valence-electron chi connectivity index (χ2n) is 4.82. The van der Waals surface area contributed by atoms with Gasteiger partial charge in [0.15, 0.2) is 0 Å². The van der Waals surface area contributed by atoms with E-state index in [1.165, 1.54) is 25.7 Å². The largest absolute Gasteiger partial charge is 0.508 e. The van der Waals surface area contributed by atoms with Crippen LogP contribution in [0.3, 0.4) is 0 Å². The van der Waals surface area contributed by atoms with E-state index in [-0.39, 0.29) is 6.10 Å². The molecule has 16 heavy (non-hydrogen) atoms. The number of phenolic OH excluding ortho intramolecular Hbond substituents is 1. The molecule has 88 valence electrons. The molecule has 1 aromatic carbocycles. The second-order valence-corrected chi connectivity index (χ2v) is 4.82. The van der Waals surface area contributed by atoms with Gasteiger partial charge in [0.2, 0.25) is 0 Å². The lowest BCUT2D eigenvalue weighted by Gasteiger charge is -2.17. The summed E-state index contributed by atoms with van der Waals surface area (Å²) in [6, 6.07) is 7.31. The van der Waals surface area contributed by atoms with Crippen LogP contribution in [0.2, 0.25) is 0 Å². The fourth-order valence-corrected chi connectivity index (χ4v) is 2.60. The van der Waals surface area contributed by atoms with Gasteiger partial charge in [-0.25, -0.2) is 0 Å². The molecular formula is C14H20O2. The van der Waals surface area contributed by atoms with Crippen molar-refractivity contribution >= 4 is 0 Å². The van der Waals surface area contributed by atoms with Crippen LogP contribution in [-0.4, -0.2) is 16.3 Å². The van der Waals surface area contributed by atoms with E-state index in [1.54, 1.807) is 12.1 Å². The third-order valence-corrected chi connectivity index (χ3v) is 3.58. The summed E-state index contributed by atoms with van der Waals surface area (Å²) in [6.07, 6.45) is 6.41. The van der Waals surface area contributed by atoms with Crippen LogP contribution >= 0.6 is 0 Å². The number of aryl methyl sites for hydroxylation is 1. The number of rotatable bonds is 4. The molecule has 2 N–H and O–H groups in total. The van der Waals surface area contributed by atoms with Crippen LogP contribution in [0.15, 0.2) is 24.3 Å². The minimum absolute atomic E-state index is 0.162. The Hall–Kier alpha value is -1.02. The van der Waals surface area contributed by atoms with E-state index in [0.29, 0.717) is 11.7 Å². The van der Waals surface area contributed by atoms with Crippen LogP contribution in [0.4, 0.5) is 0 Å². The molecular weight excluding hydrogens is 200 g/mol. The number of aliphatic hydroxyl groups is 1. The summed E-state index contributed by atoms with van der Waals surface area (Å²) in [5, 5.41) is 19.3. The Morgan fingerprint density at radius 1 is 1.25 bits per heavy atom. The summed E-state index contributed by atoms with van der Waals surface area (Å²) in [5.41, 5.74) is 1.11. The predicted molar refractivity (Wildman–Crippen MR) is 64.4 cm³/mol. The SMILES string of the molecule is Oc1cccc(CCC(O)C2CCCC2)c1. The lowest BCUT2D eigenvalue weighted by atomic mass is 9.95. The maximum Gasteiger partial charge on any atom is 0.115 e. The second kappa shape index (κ2) is 5.35. The molecule has 0 saturated heterocycles. The number of aliphatic hydroxyl groups excluding tert-OH is 1. The van der Waals surface area contributed by atoms with Crippen molar-refractivity contribution in [3.8, 4) is 5.75 Å². The lowest BCUT2D eigenvalue weighted by Crippen LogP contribution is -2.18. The summed E-state index contributed by atoms with van der Waals surface area (Å²) >= 11 is 0. The first kappa shape index (κ1) is 11.5. The number of aromatic hydroxyl groups is 1. The standard InChI is InChI=1S/C14H20O2/c15-13-7-3-4-11(10-13)8-9-14(16)12-5-1-2-6-12/h3-4,7,10,12,14-16H,1-2,5-6,8-9H2. The first-order valence-electron chi connectivity index (χ1n) is 6.21. The van der Waals surface area contributed by atoms with Gasteiger partial charge in [-0.05, 0) is 49.3 Å². The summed E-state index contributed by atoms with van der Waals surface area (Å²) in [4.78, 5) is 0. The fraction of sp³-hybridized carbons (Fsp3) is 0.571. The van der Waals surface area contributed by atoms with Crippen LogP contribution in [-0.2, 0) is 6.42 Å². The van der Waals surface area contributed by atoms with Crippen LogP contribution in [0, 0.1) is 5.92 Å². The van der Waals surface area contributed by atoms with Gasteiger partial charge in [0.1, 0.15) is 5.75 Å². The van der Waals surface area contributed by atoms with E-state index in [2.05, 4.69) is 0 Å². The zero-order chi connectivity index (χ0) is 11.4. The average Bonchev–Trinajstić information content (AvgIpc) is 2.79. The molecule has 1 atom stereocenters. The molecule has 2 nitrogen and oxygen atoms in total. The Labute approximate surface area is 96.9 Å². The molecule has 2 rings (SSSR count). The first-order valence-corrected chi connectivity index (χ1v) is 6.21. The molecule has 1 aliphatic rings. The molecule has 1 unspecified atom stereocenters. The maximum absolute atomic E-state index is 10.0. The van der Waals surface area contributed by atoms with Crippen molar-refractivity contribution in [3.63, 3.8) is 0 Å². The lowest BCUT2D eigenvalue weighted by molar-refractivity contribution is 0.102. The van der Waals surface area contributed by atoms with Gasteiger partial charge in [0, 0.05) is 0 Å². The van der Waals surface area contributed by atoms with Gasteiger partial charge < -0.3 is 10.2 Å². The molecule has 0 aliphatic heterocycles.